The summed E-state index contributed by atoms with van der Waals surface area (Å²) in [5.41, 5.74) is 1.42. The van der Waals surface area contributed by atoms with Crippen LogP contribution in [0.5, 0.6) is 0 Å². The van der Waals surface area contributed by atoms with E-state index < -0.39 is 0 Å². The summed E-state index contributed by atoms with van der Waals surface area (Å²) in [4.78, 5) is 13.7. The molecule has 0 aromatic heterocycles. The van der Waals surface area contributed by atoms with E-state index in [1.165, 1.54) is 18.9 Å². The van der Waals surface area contributed by atoms with Gasteiger partial charge in [-0.15, -0.1) is 0 Å². The number of para-hydroxylation sites is 1. The smallest absolute Gasteiger partial charge is 0.211 e. The number of hydrogen-bond donors (Lipinski definition) is 0. The maximum Gasteiger partial charge on any atom is 0.240 e. The highest BCUT2D eigenvalue weighted by atomic mass is 16.1. The lowest BCUT2D eigenvalue weighted by Crippen LogP contribution is -1.75. The van der Waals surface area contributed by atoms with Crippen LogP contribution < -0.4 is 0 Å². The summed E-state index contributed by atoms with van der Waals surface area (Å²) >= 11 is 0. The maximum absolute atomic E-state index is 10.1. The van der Waals surface area contributed by atoms with E-state index in [2.05, 4.69) is 16.8 Å². The molecule has 1 fully saturated rings. The van der Waals surface area contributed by atoms with Crippen LogP contribution in [0, 0.1) is 17.8 Å². The lowest BCUT2D eigenvalue weighted by atomic mass is 10.2. The van der Waals surface area contributed by atoms with Gasteiger partial charge in [-0.25, -0.2) is 4.79 Å². The van der Waals surface area contributed by atoms with Crippen LogP contribution in [0.2, 0.25) is 0 Å². The Morgan fingerprint density at radius 2 is 2.07 bits per heavy atom. The number of isocyanates is 1. The molecule has 14 heavy (non-hydrogen) atoms. The zero-order valence-corrected chi connectivity index (χ0v) is 7.66. The van der Waals surface area contributed by atoms with Crippen LogP contribution in [0.1, 0.15) is 18.4 Å². The van der Waals surface area contributed by atoms with Gasteiger partial charge in [0.25, 0.3) is 0 Å². The molecule has 0 amide bonds. The monoisotopic (exact) mass is 183 g/mol. The normalized spacial score (nSPS) is 13.7. The van der Waals surface area contributed by atoms with Gasteiger partial charge in [-0.05, 0) is 25.0 Å². The van der Waals surface area contributed by atoms with Crippen molar-refractivity contribution in [2.24, 2.45) is 10.9 Å². The van der Waals surface area contributed by atoms with Crippen molar-refractivity contribution in [3.63, 3.8) is 0 Å². The number of aliphatic imine (C=N–C) groups is 1. The Morgan fingerprint density at radius 1 is 1.29 bits per heavy atom. The van der Waals surface area contributed by atoms with Gasteiger partial charge in [0.15, 0.2) is 0 Å². The molecule has 0 atom stereocenters. The third-order valence-corrected chi connectivity index (χ3v) is 2.06. The number of nitrogens with zero attached hydrogens (tertiary/aromatic N) is 1. The third-order valence-electron chi connectivity index (χ3n) is 2.06. The lowest BCUT2D eigenvalue weighted by molar-refractivity contribution is 0.565. The lowest BCUT2D eigenvalue weighted by Gasteiger charge is -1.93. The fraction of sp³-hybridized carbons (Fsp3) is 0.250. The molecule has 0 heterocycles. The van der Waals surface area contributed by atoms with Gasteiger partial charge in [0, 0.05) is 5.92 Å². The first-order chi connectivity index (χ1) is 6.90. The van der Waals surface area contributed by atoms with Crippen molar-refractivity contribution in [3.05, 3.63) is 29.8 Å². The first-order valence-corrected chi connectivity index (χ1v) is 4.58. The summed E-state index contributed by atoms with van der Waals surface area (Å²) in [6.07, 6.45) is 3.94. The number of hydrogen-bond acceptors (Lipinski definition) is 2. The Kier molecular flexibility index (Phi) is 2.44. The second-order valence-electron chi connectivity index (χ2n) is 3.26. The zero-order chi connectivity index (χ0) is 9.80. The second kappa shape index (κ2) is 3.91. The number of rotatable bonds is 1. The van der Waals surface area contributed by atoms with Gasteiger partial charge < -0.3 is 0 Å². The summed E-state index contributed by atoms with van der Waals surface area (Å²) < 4.78 is 0. The molecule has 0 aliphatic heterocycles. The van der Waals surface area contributed by atoms with Crippen molar-refractivity contribution >= 4 is 11.8 Å². The fourth-order valence-corrected chi connectivity index (χ4v) is 1.13. The van der Waals surface area contributed by atoms with Gasteiger partial charge in [0.1, 0.15) is 0 Å². The van der Waals surface area contributed by atoms with Crippen LogP contribution >= 0.6 is 0 Å². The van der Waals surface area contributed by atoms with Crippen molar-refractivity contribution in [1.29, 1.82) is 0 Å². The minimum absolute atomic E-state index is 0.559. The minimum atomic E-state index is 0.559. The molecule has 1 aromatic rings. The van der Waals surface area contributed by atoms with Gasteiger partial charge in [0.2, 0.25) is 6.08 Å². The third kappa shape index (κ3) is 2.10. The molecule has 0 radical (unpaired) electrons. The molecule has 68 valence electrons. The van der Waals surface area contributed by atoms with E-state index in [1.807, 2.05) is 18.2 Å². The van der Waals surface area contributed by atoms with Crippen LogP contribution in [0.15, 0.2) is 29.3 Å². The number of carbonyl (C=O) groups excluding carboxylic acids is 1. The molecule has 0 saturated heterocycles. The summed E-state index contributed by atoms with van der Waals surface area (Å²) in [6.45, 7) is 0. The largest absolute Gasteiger partial charge is 0.240 e. The zero-order valence-electron chi connectivity index (χ0n) is 7.66. The Balaban J connectivity index is 2.31. The van der Waals surface area contributed by atoms with E-state index in [4.69, 9.17) is 0 Å². The van der Waals surface area contributed by atoms with Gasteiger partial charge in [-0.3, -0.25) is 0 Å². The summed E-state index contributed by atoms with van der Waals surface area (Å²) in [7, 11) is 0. The van der Waals surface area contributed by atoms with Crippen LogP contribution in [0.4, 0.5) is 5.69 Å². The second-order valence-corrected chi connectivity index (χ2v) is 3.26. The Morgan fingerprint density at radius 3 is 2.79 bits per heavy atom. The molecule has 0 N–H and O–H groups in total. The Labute approximate surface area is 82.7 Å². The first-order valence-electron chi connectivity index (χ1n) is 4.58. The van der Waals surface area contributed by atoms with E-state index in [1.54, 1.807) is 6.07 Å². The summed E-state index contributed by atoms with van der Waals surface area (Å²) in [6, 6.07) is 7.35. The molecular formula is C12H9NO. The average Bonchev–Trinajstić information content (AvgIpc) is 3.01. The molecule has 0 unspecified atom stereocenters. The Bertz CT molecular complexity index is 443. The molecule has 0 bridgehead atoms. The van der Waals surface area contributed by atoms with Crippen molar-refractivity contribution in [2.45, 2.75) is 12.8 Å². The number of benzene rings is 1. The standard InChI is InChI=1S/C12H9NO/c14-9-13-12-4-2-1-3-11(12)8-7-10-5-6-10/h1-4,10H,5-6H2. The minimum Gasteiger partial charge on any atom is -0.211 e. The molecule has 1 aromatic carbocycles. The highest BCUT2D eigenvalue weighted by Crippen LogP contribution is 2.28. The predicted molar refractivity (Wildman–Crippen MR) is 53.8 cm³/mol. The van der Waals surface area contributed by atoms with E-state index in [9.17, 15) is 4.79 Å². The van der Waals surface area contributed by atoms with Crippen molar-refractivity contribution in [1.82, 2.24) is 0 Å². The van der Waals surface area contributed by atoms with Crippen molar-refractivity contribution in [2.75, 3.05) is 0 Å². The van der Waals surface area contributed by atoms with Crippen LogP contribution in [0.3, 0.4) is 0 Å². The molecule has 1 saturated carbocycles. The highest BCUT2D eigenvalue weighted by molar-refractivity contribution is 5.59. The van der Waals surface area contributed by atoms with Crippen molar-refractivity contribution in [3.8, 4) is 11.8 Å². The molecule has 1 aliphatic rings. The predicted octanol–water partition coefficient (Wildman–Crippen LogP) is 2.42. The van der Waals surface area contributed by atoms with Crippen LogP contribution in [-0.4, -0.2) is 6.08 Å². The van der Waals surface area contributed by atoms with Crippen LogP contribution in [0.25, 0.3) is 0 Å². The van der Waals surface area contributed by atoms with Crippen molar-refractivity contribution < 1.29 is 4.79 Å². The SMILES string of the molecule is O=C=Nc1ccccc1C#CC1CC1. The summed E-state index contributed by atoms with van der Waals surface area (Å²) in [5, 5.41) is 0. The highest BCUT2D eigenvalue weighted by Gasteiger charge is 2.17. The first kappa shape index (κ1) is 8.74. The average molecular weight is 183 g/mol. The fourth-order valence-electron chi connectivity index (χ4n) is 1.13. The van der Waals surface area contributed by atoms with E-state index in [0.717, 1.165) is 5.56 Å². The Hall–Kier alpha value is -1.84. The van der Waals surface area contributed by atoms with Crippen LogP contribution in [-0.2, 0) is 4.79 Å². The molecular weight excluding hydrogens is 174 g/mol. The molecule has 2 nitrogen and oxygen atoms in total. The van der Waals surface area contributed by atoms with Gasteiger partial charge >= 0.3 is 0 Å². The van der Waals surface area contributed by atoms with Gasteiger partial charge in [-0.2, -0.15) is 4.99 Å². The molecule has 2 heteroatoms. The quantitative estimate of drug-likeness (QED) is 0.373. The topological polar surface area (TPSA) is 29.4 Å². The molecule has 0 spiro atoms. The van der Waals surface area contributed by atoms with Gasteiger partial charge in [-0.1, -0.05) is 24.0 Å². The summed E-state index contributed by atoms with van der Waals surface area (Å²) in [5.74, 6) is 6.73. The van der Waals surface area contributed by atoms with Gasteiger partial charge in [0.05, 0.1) is 11.3 Å². The van der Waals surface area contributed by atoms with E-state index in [0.29, 0.717) is 11.6 Å². The van der Waals surface area contributed by atoms with E-state index >= 15 is 0 Å². The van der Waals surface area contributed by atoms with E-state index in [-0.39, 0.29) is 0 Å². The molecule has 1 aliphatic carbocycles. The molecule has 2 rings (SSSR count). The maximum atomic E-state index is 10.1.